The van der Waals surface area contributed by atoms with Gasteiger partial charge in [-0.25, -0.2) is 0 Å². The predicted molar refractivity (Wildman–Crippen MR) is 123 cm³/mol. The molecule has 1 saturated heterocycles. The molecule has 1 aliphatic heterocycles. The number of piperidine rings is 1. The number of benzene rings is 3. The van der Waals surface area contributed by atoms with E-state index in [1.807, 2.05) is 18.0 Å². The molecular formula is C24H26N2OS. The predicted octanol–water partition coefficient (Wildman–Crippen LogP) is 5.94. The van der Waals surface area contributed by atoms with Gasteiger partial charge in [0, 0.05) is 31.2 Å². The summed E-state index contributed by atoms with van der Waals surface area (Å²) in [5, 5.41) is 2.91. The molecule has 1 aliphatic rings. The molecular weight excluding hydrogens is 364 g/mol. The van der Waals surface area contributed by atoms with Crippen LogP contribution in [0.2, 0.25) is 0 Å². The minimum atomic E-state index is 0.458. The third kappa shape index (κ3) is 3.83. The Hall–Kier alpha value is -2.59. The van der Waals surface area contributed by atoms with E-state index >= 15 is 0 Å². The minimum Gasteiger partial charge on any atom is -0.429 e. The Bertz CT molecular complexity index is 995. The number of fused-ring (bicyclic) bond motifs is 1. The molecule has 0 unspecified atom stereocenters. The maximum Gasteiger partial charge on any atom is 0.269 e. The van der Waals surface area contributed by atoms with Gasteiger partial charge in [-0.15, -0.1) is 0 Å². The highest BCUT2D eigenvalue weighted by Gasteiger charge is 2.20. The first-order valence-electron chi connectivity index (χ1n) is 9.92. The minimum absolute atomic E-state index is 0.458. The van der Waals surface area contributed by atoms with Gasteiger partial charge in [-0.05, 0) is 67.6 Å². The van der Waals surface area contributed by atoms with Gasteiger partial charge in [-0.2, -0.15) is 0 Å². The van der Waals surface area contributed by atoms with E-state index in [-0.39, 0.29) is 0 Å². The molecule has 28 heavy (non-hydrogen) atoms. The van der Waals surface area contributed by atoms with Crippen LogP contribution in [0.5, 0.6) is 5.75 Å². The van der Waals surface area contributed by atoms with Crippen LogP contribution >= 0.6 is 12.2 Å². The lowest BCUT2D eigenvalue weighted by atomic mass is 10.0. The fourth-order valence-electron chi connectivity index (χ4n) is 3.87. The maximum absolute atomic E-state index is 6.28. The van der Waals surface area contributed by atoms with Gasteiger partial charge in [0.05, 0.1) is 5.69 Å². The third-order valence-electron chi connectivity index (χ3n) is 5.40. The smallest absolute Gasteiger partial charge is 0.269 e. The third-order valence-corrected chi connectivity index (χ3v) is 5.75. The van der Waals surface area contributed by atoms with E-state index in [4.69, 9.17) is 17.0 Å². The number of anilines is 2. The van der Waals surface area contributed by atoms with Gasteiger partial charge in [0.1, 0.15) is 0 Å². The molecule has 4 rings (SSSR count). The van der Waals surface area contributed by atoms with E-state index in [1.165, 1.54) is 35.6 Å². The molecule has 0 aromatic heterocycles. The molecule has 0 spiro atoms. The van der Waals surface area contributed by atoms with E-state index in [0.29, 0.717) is 5.17 Å². The largest absolute Gasteiger partial charge is 0.429 e. The van der Waals surface area contributed by atoms with E-state index in [2.05, 4.69) is 66.4 Å². The van der Waals surface area contributed by atoms with Crippen LogP contribution in [0.4, 0.5) is 11.4 Å². The number of rotatable bonds is 3. The number of aryl methyl sites for hydroxylation is 1. The van der Waals surface area contributed by atoms with Crippen LogP contribution < -0.4 is 14.5 Å². The first kappa shape index (κ1) is 18.8. The number of nitrogens with zero attached hydrogens (tertiary/aromatic N) is 2. The van der Waals surface area contributed by atoms with E-state index in [9.17, 15) is 0 Å². The second kappa shape index (κ2) is 8.19. The molecule has 1 fully saturated rings. The number of ether oxygens (including phenoxy) is 1. The molecule has 3 aromatic rings. The van der Waals surface area contributed by atoms with Crippen molar-refractivity contribution in [1.82, 2.24) is 0 Å². The fourth-order valence-corrected chi connectivity index (χ4v) is 4.06. The van der Waals surface area contributed by atoms with Crippen LogP contribution in [0, 0.1) is 6.92 Å². The number of hydrogen-bond acceptors (Lipinski definition) is 3. The van der Waals surface area contributed by atoms with Crippen molar-refractivity contribution in [2.75, 3.05) is 29.9 Å². The van der Waals surface area contributed by atoms with Crippen molar-refractivity contribution in [3.05, 3.63) is 66.2 Å². The second-order valence-corrected chi connectivity index (χ2v) is 7.80. The molecule has 0 bridgehead atoms. The quantitative estimate of drug-likeness (QED) is 0.514. The Morgan fingerprint density at radius 2 is 1.75 bits per heavy atom. The second-order valence-electron chi connectivity index (χ2n) is 7.45. The van der Waals surface area contributed by atoms with Gasteiger partial charge in [0.25, 0.3) is 5.17 Å². The van der Waals surface area contributed by atoms with Gasteiger partial charge in [-0.3, -0.25) is 0 Å². The normalized spacial score (nSPS) is 14.1. The SMILES string of the molecule is Cc1cccc(N(C)C(=S)Oc2ccc3ccccc3c2N2CCCCC2)c1. The van der Waals surface area contributed by atoms with Gasteiger partial charge in [-0.1, -0.05) is 42.5 Å². The zero-order valence-corrected chi connectivity index (χ0v) is 17.3. The van der Waals surface area contributed by atoms with Crippen molar-refractivity contribution in [2.45, 2.75) is 26.2 Å². The fraction of sp³-hybridized carbons (Fsp3) is 0.292. The Morgan fingerprint density at radius 1 is 0.964 bits per heavy atom. The Balaban J connectivity index is 1.68. The van der Waals surface area contributed by atoms with Gasteiger partial charge < -0.3 is 14.5 Å². The van der Waals surface area contributed by atoms with Crippen molar-refractivity contribution in [2.24, 2.45) is 0 Å². The highest BCUT2D eigenvalue weighted by molar-refractivity contribution is 7.80. The molecule has 4 heteroatoms. The zero-order chi connectivity index (χ0) is 19.5. The molecule has 0 saturated carbocycles. The van der Waals surface area contributed by atoms with Crippen molar-refractivity contribution >= 4 is 39.5 Å². The molecule has 3 nitrogen and oxygen atoms in total. The van der Waals surface area contributed by atoms with Crippen molar-refractivity contribution in [3.63, 3.8) is 0 Å². The summed E-state index contributed by atoms with van der Waals surface area (Å²) in [5.41, 5.74) is 3.40. The first-order valence-corrected chi connectivity index (χ1v) is 10.3. The van der Waals surface area contributed by atoms with Crippen LogP contribution in [0.25, 0.3) is 10.8 Å². The monoisotopic (exact) mass is 390 g/mol. The van der Waals surface area contributed by atoms with Crippen molar-refractivity contribution in [1.29, 1.82) is 0 Å². The van der Waals surface area contributed by atoms with Gasteiger partial charge >= 0.3 is 0 Å². The molecule has 0 N–H and O–H groups in total. The highest BCUT2D eigenvalue weighted by atomic mass is 32.1. The van der Waals surface area contributed by atoms with Crippen LogP contribution in [0.3, 0.4) is 0 Å². The van der Waals surface area contributed by atoms with E-state index < -0.39 is 0 Å². The summed E-state index contributed by atoms with van der Waals surface area (Å²) in [5.74, 6) is 0.838. The number of thiocarbonyl (C=S) groups is 1. The lowest BCUT2D eigenvalue weighted by Crippen LogP contribution is -2.32. The molecule has 0 aliphatic carbocycles. The van der Waals surface area contributed by atoms with E-state index in [0.717, 1.165) is 30.2 Å². The summed E-state index contributed by atoms with van der Waals surface area (Å²) < 4.78 is 6.28. The molecule has 0 atom stereocenters. The molecule has 0 radical (unpaired) electrons. The summed E-state index contributed by atoms with van der Waals surface area (Å²) >= 11 is 5.65. The molecule has 3 aromatic carbocycles. The Kier molecular flexibility index (Phi) is 5.49. The molecule has 0 amide bonds. The summed E-state index contributed by atoms with van der Waals surface area (Å²) in [4.78, 5) is 4.38. The van der Waals surface area contributed by atoms with Crippen LogP contribution in [-0.2, 0) is 0 Å². The summed E-state index contributed by atoms with van der Waals surface area (Å²) in [7, 11) is 1.96. The Labute approximate surface area is 172 Å². The zero-order valence-electron chi connectivity index (χ0n) is 16.5. The maximum atomic E-state index is 6.28. The average Bonchev–Trinajstić information content (AvgIpc) is 2.73. The van der Waals surface area contributed by atoms with Crippen molar-refractivity contribution < 1.29 is 4.74 Å². The lowest BCUT2D eigenvalue weighted by Gasteiger charge is -2.32. The van der Waals surface area contributed by atoms with Crippen LogP contribution in [0.15, 0.2) is 60.7 Å². The van der Waals surface area contributed by atoms with Crippen LogP contribution in [-0.4, -0.2) is 25.3 Å². The lowest BCUT2D eigenvalue weighted by molar-refractivity contribution is 0.535. The van der Waals surface area contributed by atoms with Crippen molar-refractivity contribution in [3.8, 4) is 5.75 Å². The highest BCUT2D eigenvalue weighted by Crippen LogP contribution is 2.38. The Morgan fingerprint density at radius 3 is 2.54 bits per heavy atom. The number of hydrogen-bond donors (Lipinski definition) is 0. The first-order chi connectivity index (χ1) is 13.6. The van der Waals surface area contributed by atoms with E-state index in [1.54, 1.807) is 0 Å². The summed E-state index contributed by atoms with van der Waals surface area (Å²) in [6.07, 6.45) is 3.73. The van der Waals surface area contributed by atoms with Crippen LogP contribution in [0.1, 0.15) is 24.8 Å². The topological polar surface area (TPSA) is 15.7 Å². The average molecular weight is 391 g/mol. The van der Waals surface area contributed by atoms with Gasteiger partial charge in [0.15, 0.2) is 5.75 Å². The van der Waals surface area contributed by atoms with Gasteiger partial charge in [0.2, 0.25) is 0 Å². The summed E-state index contributed by atoms with van der Waals surface area (Å²) in [6, 6.07) is 21.0. The molecule has 144 valence electrons. The molecule has 1 heterocycles. The summed E-state index contributed by atoms with van der Waals surface area (Å²) in [6.45, 7) is 4.20. The standard InChI is InChI=1S/C24H26N2OS/c1-18-9-8-11-20(17-18)25(2)24(28)27-22-14-13-19-10-4-5-12-21(19)23(22)26-15-6-3-7-16-26/h4-5,8-14,17H,3,6-7,15-16H2,1-2H3.